The highest BCUT2D eigenvalue weighted by Gasteiger charge is 2.25. The molecule has 0 aliphatic carbocycles. The van der Waals surface area contributed by atoms with E-state index in [0.717, 1.165) is 141 Å². The fourth-order valence-electron chi connectivity index (χ4n) is 7.32. The number of quaternary nitrogens is 1. The van der Waals surface area contributed by atoms with Gasteiger partial charge in [0.15, 0.2) is 6.10 Å². The predicted molar refractivity (Wildman–Crippen MR) is 354 cm³/mol. The predicted octanol–water partition coefficient (Wildman–Crippen LogP) is 19.2. The van der Waals surface area contributed by atoms with Crippen LogP contribution in [0.1, 0.15) is 181 Å². The maximum absolute atomic E-state index is 12.9. The highest BCUT2D eigenvalue weighted by molar-refractivity contribution is 5.71. The molecule has 0 aromatic rings. The zero-order chi connectivity index (χ0) is 60.5. The lowest BCUT2D eigenvalue weighted by Crippen LogP contribution is -2.40. The van der Waals surface area contributed by atoms with Crippen molar-refractivity contribution in [3.05, 3.63) is 207 Å². The third-order valence-corrected chi connectivity index (χ3v) is 12.0. The van der Waals surface area contributed by atoms with Gasteiger partial charge in [0, 0.05) is 12.8 Å². The molecule has 0 saturated carbocycles. The second-order valence-electron chi connectivity index (χ2n) is 20.9. The van der Waals surface area contributed by atoms with E-state index in [0.29, 0.717) is 23.9 Å². The summed E-state index contributed by atoms with van der Waals surface area (Å²) in [5.41, 5.74) is 0. The molecule has 0 aromatic heterocycles. The van der Waals surface area contributed by atoms with Crippen LogP contribution in [0.4, 0.5) is 0 Å². The van der Waals surface area contributed by atoms with Crippen LogP contribution in [0.3, 0.4) is 0 Å². The van der Waals surface area contributed by atoms with Crippen molar-refractivity contribution in [2.24, 2.45) is 0 Å². The standard InChI is InChI=1S/C74H111NO8/c1-6-8-10-12-14-16-18-20-22-24-26-28-30-31-32-33-34-35-36-37-38-39-40-41-43-45-47-49-51-53-55-57-59-61-63-65-72(77)83-70(69-82-74(73(78)79)80-67-66-75(3,4)5)68-81-71(76)64-62-60-58-56-54-52-50-48-46-44-42-29-27-25-23-21-19-17-15-13-11-9-7-2/h8-11,14-17,20-23,26-29,31-32,34-35,37-38,40-41,44-47,50-53,56,58,70,74H,6-7,12-13,18-19,24-25,30,33,36,39,42-43,48-49,54-55,57,59-69H2,1-5H3/p+1/b10-8-,11-9-,16-14-,17-15-,22-20-,23-21-,28-26-,29-27-,32-31-,35-34-,38-37-,41-40-,46-44-,47-45-,52-50-,53-51-,58-56-. The minimum atomic E-state index is -1.55. The summed E-state index contributed by atoms with van der Waals surface area (Å²) >= 11 is 0. The lowest BCUT2D eigenvalue weighted by atomic mass is 10.1. The lowest BCUT2D eigenvalue weighted by molar-refractivity contribution is -0.870. The molecular formula is C74H112NO8+. The number of unbranched alkanes of at least 4 members (excludes halogenated alkanes) is 5. The molecule has 0 spiro atoms. The maximum Gasteiger partial charge on any atom is 0.361 e. The number of carboxylic acids is 1. The third kappa shape index (κ3) is 63.3. The summed E-state index contributed by atoms with van der Waals surface area (Å²) in [4.78, 5) is 37.5. The summed E-state index contributed by atoms with van der Waals surface area (Å²) in [6.45, 7) is 4.51. The van der Waals surface area contributed by atoms with Gasteiger partial charge in [-0.15, -0.1) is 0 Å². The summed E-state index contributed by atoms with van der Waals surface area (Å²) in [6.07, 6.45) is 94.9. The normalized spacial score (nSPS) is 14.2. The molecule has 0 heterocycles. The van der Waals surface area contributed by atoms with Crippen molar-refractivity contribution < 1.29 is 42.9 Å². The molecule has 460 valence electrons. The van der Waals surface area contributed by atoms with Crippen molar-refractivity contribution in [1.82, 2.24) is 0 Å². The van der Waals surface area contributed by atoms with Crippen molar-refractivity contribution >= 4 is 17.9 Å². The van der Waals surface area contributed by atoms with Crippen LogP contribution in [-0.2, 0) is 33.3 Å². The van der Waals surface area contributed by atoms with E-state index in [-0.39, 0.29) is 32.7 Å². The van der Waals surface area contributed by atoms with Crippen LogP contribution in [0.5, 0.6) is 0 Å². The van der Waals surface area contributed by atoms with Crippen molar-refractivity contribution in [3.63, 3.8) is 0 Å². The maximum atomic E-state index is 12.9. The number of hydrogen-bond donors (Lipinski definition) is 1. The van der Waals surface area contributed by atoms with Crippen molar-refractivity contribution in [1.29, 1.82) is 0 Å². The van der Waals surface area contributed by atoms with Gasteiger partial charge in [0.25, 0.3) is 6.29 Å². The Morgan fingerprint density at radius 2 is 0.663 bits per heavy atom. The number of rotatable bonds is 54. The molecule has 0 fully saturated rings. The van der Waals surface area contributed by atoms with Crippen molar-refractivity contribution in [2.75, 3.05) is 47.5 Å². The number of likely N-dealkylation sites (N-methyl/N-ethyl adjacent to an activating group) is 1. The van der Waals surface area contributed by atoms with E-state index in [2.05, 4.69) is 220 Å². The third-order valence-electron chi connectivity index (χ3n) is 12.0. The molecule has 2 unspecified atom stereocenters. The highest BCUT2D eigenvalue weighted by atomic mass is 16.7. The van der Waals surface area contributed by atoms with Gasteiger partial charge in [-0.2, -0.15) is 0 Å². The van der Waals surface area contributed by atoms with Gasteiger partial charge in [-0.1, -0.05) is 233 Å². The molecule has 9 nitrogen and oxygen atoms in total. The van der Waals surface area contributed by atoms with Crippen LogP contribution >= 0.6 is 0 Å². The minimum Gasteiger partial charge on any atom is -0.477 e. The van der Waals surface area contributed by atoms with E-state index >= 15 is 0 Å². The molecule has 0 saturated heterocycles. The van der Waals surface area contributed by atoms with Gasteiger partial charge < -0.3 is 28.5 Å². The van der Waals surface area contributed by atoms with Gasteiger partial charge in [-0.3, -0.25) is 9.59 Å². The first-order valence-corrected chi connectivity index (χ1v) is 31.2. The summed E-state index contributed by atoms with van der Waals surface area (Å²) in [7, 11) is 5.92. The van der Waals surface area contributed by atoms with Crippen molar-refractivity contribution in [3.8, 4) is 0 Å². The molecule has 1 N–H and O–H groups in total. The number of allylic oxidation sites excluding steroid dienone is 34. The van der Waals surface area contributed by atoms with Gasteiger partial charge in [-0.05, 0) is 141 Å². The van der Waals surface area contributed by atoms with Gasteiger partial charge in [0.1, 0.15) is 13.2 Å². The van der Waals surface area contributed by atoms with E-state index in [9.17, 15) is 19.5 Å². The van der Waals surface area contributed by atoms with Crippen LogP contribution in [0.15, 0.2) is 207 Å². The van der Waals surface area contributed by atoms with E-state index in [1.165, 1.54) is 0 Å². The van der Waals surface area contributed by atoms with Gasteiger partial charge in [0.2, 0.25) is 0 Å². The fraction of sp³-hybridized carbons (Fsp3) is 0.500. The zero-order valence-electron chi connectivity index (χ0n) is 52.2. The van der Waals surface area contributed by atoms with Crippen molar-refractivity contribution in [2.45, 2.75) is 193 Å². The second kappa shape index (κ2) is 61.9. The molecule has 0 aliphatic rings. The first kappa shape index (κ1) is 76.9. The van der Waals surface area contributed by atoms with E-state index < -0.39 is 30.3 Å². The molecule has 2 atom stereocenters. The first-order valence-electron chi connectivity index (χ1n) is 31.2. The van der Waals surface area contributed by atoms with Crippen LogP contribution in [0.2, 0.25) is 0 Å². The number of carbonyl (C=O) groups excluding carboxylic acids is 2. The van der Waals surface area contributed by atoms with Gasteiger partial charge >= 0.3 is 17.9 Å². The Morgan fingerprint density at radius 1 is 0.361 bits per heavy atom. The Morgan fingerprint density at radius 3 is 0.988 bits per heavy atom. The van der Waals surface area contributed by atoms with E-state index in [1.807, 2.05) is 21.1 Å². The number of ether oxygens (including phenoxy) is 4. The molecule has 0 radical (unpaired) electrons. The Bertz CT molecular complexity index is 2110. The minimum absolute atomic E-state index is 0.160. The number of hydrogen-bond acceptors (Lipinski definition) is 7. The smallest absolute Gasteiger partial charge is 0.361 e. The monoisotopic (exact) mass is 1140 g/mol. The number of nitrogens with zero attached hydrogens (tertiary/aromatic N) is 1. The van der Waals surface area contributed by atoms with Gasteiger partial charge in [0.05, 0.1) is 34.4 Å². The number of aliphatic carboxylic acids is 1. The quantitative estimate of drug-likeness (QED) is 0.0211. The van der Waals surface area contributed by atoms with Crippen LogP contribution in [-0.4, -0.2) is 87.4 Å². The van der Waals surface area contributed by atoms with Crippen LogP contribution in [0, 0.1) is 0 Å². The second-order valence-corrected chi connectivity index (χ2v) is 20.9. The summed E-state index contributed by atoms with van der Waals surface area (Å²) in [5.74, 6) is -2.15. The average molecular weight is 1140 g/mol. The zero-order valence-corrected chi connectivity index (χ0v) is 52.2. The fourth-order valence-corrected chi connectivity index (χ4v) is 7.32. The summed E-state index contributed by atoms with van der Waals surface area (Å²) < 4.78 is 22.8. The molecule has 9 heteroatoms. The number of carboxylic acid groups (broad SMARTS) is 1. The molecule has 0 aliphatic heterocycles. The van der Waals surface area contributed by atoms with E-state index in [1.54, 1.807) is 0 Å². The average Bonchev–Trinajstić information content (AvgIpc) is 3.46. The first-order chi connectivity index (χ1) is 40.6. The lowest BCUT2D eigenvalue weighted by Gasteiger charge is -2.25. The Kier molecular flexibility index (Phi) is 57.4. The summed E-state index contributed by atoms with van der Waals surface area (Å²) in [6, 6.07) is 0. The van der Waals surface area contributed by atoms with Crippen LogP contribution < -0.4 is 0 Å². The largest absolute Gasteiger partial charge is 0.477 e. The molecule has 0 bridgehead atoms. The summed E-state index contributed by atoms with van der Waals surface area (Å²) in [5, 5.41) is 9.72. The topological polar surface area (TPSA) is 108 Å². The molecule has 0 rings (SSSR count). The number of carbonyl (C=O) groups is 3. The Labute approximate surface area is 505 Å². The molecule has 83 heavy (non-hydrogen) atoms. The van der Waals surface area contributed by atoms with Gasteiger partial charge in [-0.25, -0.2) is 4.79 Å². The highest BCUT2D eigenvalue weighted by Crippen LogP contribution is 2.11. The van der Waals surface area contributed by atoms with Crippen LogP contribution in [0.25, 0.3) is 0 Å². The number of esters is 2. The Balaban J connectivity index is 4.41. The molecular weight excluding hydrogens is 1030 g/mol. The SMILES string of the molecule is CC/C=C\C/C=C\C/C=C\C/C=C\C/C=C\C/C=C\C/C=C\C/C=C\C/C=C\C/C=C\CCCCCCC(=O)OC(COC(=O)CCC/C=C\C/C=C\C/C=C\C/C=C\C/C=C\C/C=C\C/C=C\CC)COC(OCC[N+](C)(C)C)C(=O)O. The van der Waals surface area contributed by atoms with E-state index in [4.69, 9.17) is 18.9 Å². The molecule has 0 amide bonds. The Hall–Kier alpha value is -6.13. The molecule has 0 aromatic carbocycles.